The molecule has 15 heavy (non-hydrogen) atoms. The van der Waals surface area contributed by atoms with E-state index in [1.807, 2.05) is 6.92 Å². The smallest absolute Gasteiger partial charge is 0.173 e. The Hall–Kier alpha value is -1.08. The van der Waals surface area contributed by atoms with E-state index in [1.54, 1.807) is 6.08 Å². The Morgan fingerprint density at radius 2 is 2.47 bits per heavy atom. The summed E-state index contributed by atoms with van der Waals surface area (Å²) < 4.78 is 22.2. The fourth-order valence-electron chi connectivity index (χ4n) is 1.42. The van der Waals surface area contributed by atoms with Gasteiger partial charge < -0.3 is 10.9 Å². The zero-order valence-corrected chi connectivity index (χ0v) is 9.24. The van der Waals surface area contributed by atoms with Gasteiger partial charge in [0.25, 0.3) is 0 Å². The first-order chi connectivity index (χ1) is 6.98. The van der Waals surface area contributed by atoms with Crippen LogP contribution in [0.4, 0.5) is 0 Å². The largest absolute Gasteiger partial charge is 0.409 e. The topological polar surface area (TPSA) is 105 Å². The van der Waals surface area contributed by atoms with E-state index in [1.165, 1.54) is 5.41 Å². The molecule has 0 amide bonds. The van der Waals surface area contributed by atoms with E-state index in [4.69, 9.17) is 10.9 Å². The van der Waals surface area contributed by atoms with E-state index in [-0.39, 0.29) is 23.7 Å². The van der Waals surface area contributed by atoms with E-state index in [0.29, 0.717) is 6.42 Å². The minimum absolute atomic E-state index is 0.0300. The summed E-state index contributed by atoms with van der Waals surface area (Å²) >= 11 is 0. The lowest BCUT2D eigenvalue weighted by atomic mass is 10.2. The van der Waals surface area contributed by atoms with Crippen LogP contribution in [0.3, 0.4) is 0 Å². The third kappa shape index (κ3) is 3.21. The molecule has 0 aromatic rings. The summed E-state index contributed by atoms with van der Waals surface area (Å²) in [7, 11) is -3.07. The molecule has 0 bridgehead atoms. The molecule has 0 spiro atoms. The standard InChI is InChI=1S/C8H15N3O3S/c1-2-7(8(9)11-12)10-6-3-4-15(13,14)5-6/h3-4,6-7,10,12H,2,5H2,1H3,(H2,9,11). The fraction of sp³-hybridized carbons (Fsp3) is 0.625. The van der Waals surface area contributed by atoms with Crippen molar-refractivity contribution < 1.29 is 13.6 Å². The number of hydrogen-bond donors (Lipinski definition) is 3. The van der Waals surface area contributed by atoms with Crippen molar-refractivity contribution in [3.05, 3.63) is 11.5 Å². The molecule has 2 unspecified atom stereocenters. The van der Waals surface area contributed by atoms with Gasteiger partial charge in [-0.3, -0.25) is 5.32 Å². The van der Waals surface area contributed by atoms with Crippen LogP contribution in [0.25, 0.3) is 0 Å². The van der Waals surface area contributed by atoms with Crippen LogP contribution in [0.15, 0.2) is 16.6 Å². The van der Waals surface area contributed by atoms with Gasteiger partial charge in [-0.15, -0.1) is 0 Å². The number of nitrogens with one attached hydrogen (secondary N) is 1. The maximum atomic E-state index is 11.1. The van der Waals surface area contributed by atoms with Gasteiger partial charge >= 0.3 is 0 Å². The lowest BCUT2D eigenvalue weighted by Gasteiger charge is -2.18. The summed E-state index contributed by atoms with van der Waals surface area (Å²) in [6, 6.07) is -0.571. The normalized spacial score (nSPS) is 26.7. The summed E-state index contributed by atoms with van der Waals surface area (Å²) in [6.07, 6.45) is 2.20. The Morgan fingerprint density at radius 3 is 2.87 bits per heavy atom. The Kier molecular flexibility index (Phi) is 3.70. The second kappa shape index (κ2) is 4.63. The second-order valence-electron chi connectivity index (χ2n) is 3.42. The quantitative estimate of drug-likeness (QED) is 0.260. The number of rotatable bonds is 4. The molecule has 86 valence electrons. The van der Waals surface area contributed by atoms with Crippen LogP contribution < -0.4 is 11.1 Å². The molecule has 2 atom stereocenters. The van der Waals surface area contributed by atoms with E-state index >= 15 is 0 Å². The molecule has 0 aromatic heterocycles. The lowest BCUT2D eigenvalue weighted by molar-refractivity contribution is 0.314. The molecule has 1 aliphatic rings. The van der Waals surface area contributed by atoms with Crippen molar-refractivity contribution in [3.63, 3.8) is 0 Å². The van der Waals surface area contributed by atoms with Gasteiger partial charge in [0.2, 0.25) is 0 Å². The summed E-state index contributed by atoms with van der Waals surface area (Å²) in [5, 5.41) is 15.6. The van der Waals surface area contributed by atoms with Crippen LogP contribution in [-0.4, -0.2) is 37.3 Å². The average Bonchev–Trinajstić information content (AvgIpc) is 2.53. The molecular formula is C8H15N3O3S. The minimum Gasteiger partial charge on any atom is -0.409 e. The summed E-state index contributed by atoms with van der Waals surface area (Å²) in [5.41, 5.74) is 5.44. The first-order valence-corrected chi connectivity index (χ1v) is 6.34. The summed E-state index contributed by atoms with van der Waals surface area (Å²) in [5.74, 6) is 0.0950. The third-order valence-corrected chi connectivity index (χ3v) is 3.62. The molecule has 7 heteroatoms. The van der Waals surface area contributed by atoms with Gasteiger partial charge in [0.15, 0.2) is 15.7 Å². The second-order valence-corrected chi connectivity index (χ2v) is 5.35. The maximum Gasteiger partial charge on any atom is 0.173 e. The Bertz CT molecular complexity index is 375. The van der Waals surface area contributed by atoms with Gasteiger partial charge in [-0.05, 0) is 6.42 Å². The van der Waals surface area contributed by atoms with Crippen molar-refractivity contribution in [1.29, 1.82) is 0 Å². The van der Waals surface area contributed by atoms with Crippen molar-refractivity contribution in [2.75, 3.05) is 5.75 Å². The van der Waals surface area contributed by atoms with E-state index in [9.17, 15) is 8.42 Å². The van der Waals surface area contributed by atoms with E-state index in [0.717, 1.165) is 0 Å². The molecule has 0 aromatic carbocycles. The Morgan fingerprint density at radius 1 is 1.80 bits per heavy atom. The van der Waals surface area contributed by atoms with Gasteiger partial charge in [-0.1, -0.05) is 18.2 Å². The van der Waals surface area contributed by atoms with Gasteiger partial charge in [0.1, 0.15) is 0 Å². The van der Waals surface area contributed by atoms with E-state index in [2.05, 4.69) is 10.5 Å². The molecule has 0 saturated heterocycles. The maximum absolute atomic E-state index is 11.1. The van der Waals surface area contributed by atoms with Gasteiger partial charge in [-0.2, -0.15) is 0 Å². The highest BCUT2D eigenvalue weighted by Crippen LogP contribution is 2.09. The first kappa shape index (κ1) is 12.0. The van der Waals surface area contributed by atoms with Crippen molar-refractivity contribution in [2.45, 2.75) is 25.4 Å². The van der Waals surface area contributed by atoms with Gasteiger partial charge in [0, 0.05) is 11.4 Å². The number of nitrogens with zero attached hydrogens (tertiary/aromatic N) is 1. The predicted molar refractivity (Wildman–Crippen MR) is 57.3 cm³/mol. The average molecular weight is 233 g/mol. The van der Waals surface area contributed by atoms with Crippen molar-refractivity contribution in [3.8, 4) is 0 Å². The zero-order chi connectivity index (χ0) is 11.5. The van der Waals surface area contributed by atoms with Crippen LogP contribution in [-0.2, 0) is 9.84 Å². The monoisotopic (exact) mass is 233 g/mol. The van der Waals surface area contributed by atoms with Crippen molar-refractivity contribution in [2.24, 2.45) is 10.9 Å². The number of sulfone groups is 1. The number of hydrogen-bond acceptors (Lipinski definition) is 5. The number of nitrogens with two attached hydrogens (primary N) is 1. The van der Waals surface area contributed by atoms with Gasteiger partial charge in [-0.25, -0.2) is 8.42 Å². The molecule has 1 heterocycles. The van der Waals surface area contributed by atoms with Crippen LogP contribution in [0.1, 0.15) is 13.3 Å². The molecule has 0 saturated carbocycles. The summed E-state index contributed by atoms with van der Waals surface area (Å²) in [6.45, 7) is 1.86. The molecule has 1 rings (SSSR count). The molecule has 6 nitrogen and oxygen atoms in total. The third-order valence-electron chi connectivity index (χ3n) is 2.23. The van der Waals surface area contributed by atoms with Crippen LogP contribution in [0.2, 0.25) is 0 Å². The number of amidine groups is 1. The molecule has 1 aliphatic heterocycles. The molecule has 0 aliphatic carbocycles. The predicted octanol–water partition coefficient (Wildman–Crippen LogP) is -0.588. The highest BCUT2D eigenvalue weighted by molar-refractivity contribution is 7.94. The van der Waals surface area contributed by atoms with Crippen molar-refractivity contribution >= 4 is 15.7 Å². The van der Waals surface area contributed by atoms with E-state index < -0.39 is 9.84 Å². The highest BCUT2D eigenvalue weighted by atomic mass is 32.2. The van der Waals surface area contributed by atoms with Crippen LogP contribution in [0.5, 0.6) is 0 Å². The highest BCUT2D eigenvalue weighted by Gasteiger charge is 2.24. The number of oxime groups is 1. The van der Waals surface area contributed by atoms with Crippen molar-refractivity contribution in [1.82, 2.24) is 5.32 Å². The SMILES string of the molecule is CCC(NC1C=CS(=O)(=O)C1)C(N)=NO. The summed E-state index contributed by atoms with van der Waals surface area (Å²) in [4.78, 5) is 0. The molecule has 4 N–H and O–H groups in total. The Balaban J connectivity index is 2.60. The van der Waals surface area contributed by atoms with Gasteiger partial charge in [0.05, 0.1) is 11.8 Å². The lowest BCUT2D eigenvalue weighted by Crippen LogP contribution is -2.46. The fourth-order valence-corrected chi connectivity index (χ4v) is 2.67. The zero-order valence-electron chi connectivity index (χ0n) is 8.42. The van der Waals surface area contributed by atoms with Crippen LogP contribution in [0, 0.1) is 0 Å². The Labute approximate surface area is 88.8 Å². The molecular weight excluding hydrogens is 218 g/mol. The minimum atomic E-state index is -3.07. The molecule has 0 fully saturated rings. The molecule has 0 radical (unpaired) electrons. The van der Waals surface area contributed by atoms with Crippen LogP contribution >= 0.6 is 0 Å². The first-order valence-electron chi connectivity index (χ1n) is 4.63.